The number of aromatic amines is 1. The molecule has 1 fully saturated rings. The Hall–Kier alpha value is -1.58. The van der Waals surface area contributed by atoms with Gasteiger partial charge in [-0.25, -0.2) is 4.52 Å². The minimum atomic E-state index is -0.0235. The third kappa shape index (κ3) is 1.45. The number of fused-ring (bicyclic) bond motifs is 1. The van der Waals surface area contributed by atoms with Crippen LogP contribution in [0.15, 0.2) is 16.9 Å². The van der Waals surface area contributed by atoms with Crippen LogP contribution in [0.5, 0.6) is 0 Å². The largest absolute Gasteiger partial charge is 0.307 e. The van der Waals surface area contributed by atoms with Crippen molar-refractivity contribution in [2.24, 2.45) is 0 Å². The van der Waals surface area contributed by atoms with E-state index in [0.717, 1.165) is 17.0 Å². The van der Waals surface area contributed by atoms with Crippen LogP contribution in [0.2, 0.25) is 0 Å². The Kier molecular flexibility index (Phi) is 1.93. The fourth-order valence-corrected chi connectivity index (χ4v) is 2.00. The molecule has 0 saturated heterocycles. The maximum atomic E-state index is 11.5. The molecule has 84 valence electrons. The Balaban J connectivity index is 2.27. The molecule has 1 aliphatic rings. The quantitative estimate of drug-likeness (QED) is 0.836. The number of nitrogens with zero attached hydrogens (tertiary/aromatic N) is 2. The van der Waals surface area contributed by atoms with Gasteiger partial charge in [0.1, 0.15) is 5.65 Å². The average molecular weight is 217 g/mol. The first-order valence-electron chi connectivity index (χ1n) is 5.78. The molecule has 0 bridgehead atoms. The van der Waals surface area contributed by atoms with Crippen LogP contribution < -0.4 is 5.56 Å². The predicted molar refractivity (Wildman–Crippen MR) is 61.9 cm³/mol. The van der Waals surface area contributed by atoms with Crippen molar-refractivity contribution in [1.82, 2.24) is 14.6 Å². The van der Waals surface area contributed by atoms with Crippen LogP contribution in [0, 0.1) is 0 Å². The van der Waals surface area contributed by atoms with Crippen LogP contribution in [0.4, 0.5) is 0 Å². The number of hydrogen-bond donors (Lipinski definition) is 1. The zero-order chi connectivity index (χ0) is 11.3. The highest BCUT2D eigenvalue weighted by Gasteiger charge is 2.27. The van der Waals surface area contributed by atoms with Crippen molar-refractivity contribution in [3.8, 4) is 0 Å². The van der Waals surface area contributed by atoms with E-state index in [4.69, 9.17) is 0 Å². The zero-order valence-electron chi connectivity index (χ0n) is 9.53. The second kappa shape index (κ2) is 3.20. The van der Waals surface area contributed by atoms with Gasteiger partial charge in [-0.3, -0.25) is 4.79 Å². The summed E-state index contributed by atoms with van der Waals surface area (Å²) in [4.78, 5) is 14.4. The summed E-state index contributed by atoms with van der Waals surface area (Å²) in [5.74, 6) is 0.917. The van der Waals surface area contributed by atoms with Gasteiger partial charge in [0.15, 0.2) is 0 Å². The lowest BCUT2D eigenvalue weighted by molar-refractivity contribution is 0.760. The molecule has 2 aromatic heterocycles. The molecule has 1 aliphatic carbocycles. The molecule has 3 rings (SSSR count). The van der Waals surface area contributed by atoms with E-state index in [-0.39, 0.29) is 5.56 Å². The third-order valence-corrected chi connectivity index (χ3v) is 3.09. The minimum Gasteiger partial charge on any atom is -0.307 e. The van der Waals surface area contributed by atoms with Crippen molar-refractivity contribution >= 4 is 5.65 Å². The summed E-state index contributed by atoms with van der Waals surface area (Å²) in [5.41, 5.74) is 2.89. The molecule has 1 N–H and O–H groups in total. The number of nitrogens with one attached hydrogen (secondary N) is 1. The topological polar surface area (TPSA) is 50.2 Å². The first-order chi connectivity index (χ1) is 7.65. The van der Waals surface area contributed by atoms with E-state index in [1.807, 2.05) is 10.6 Å². The van der Waals surface area contributed by atoms with Crippen LogP contribution >= 0.6 is 0 Å². The number of hydrogen-bond acceptors (Lipinski definition) is 2. The predicted octanol–water partition coefficient (Wildman–Crippen LogP) is 2.02. The van der Waals surface area contributed by atoms with Gasteiger partial charge >= 0.3 is 0 Å². The summed E-state index contributed by atoms with van der Waals surface area (Å²) < 4.78 is 1.90. The maximum Gasteiger partial charge on any atom is 0.251 e. The molecule has 1 saturated carbocycles. The van der Waals surface area contributed by atoms with Gasteiger partial charge in [-0.1, -0.05) is 13.8 Å². The van der Waals surface area contributed by atoms with Gasteiger partial charge in [0.25, 0.3) is 5.56 Å². The van der Waals surface area contributed by atoms with E-state index < -0.39 is 0 Å². The van der Waals surface area contributed by atoms with Crippen molar-refractivity contribution < 1.29 is 0 Å². The van der Waals surface area contributed by atoms with E-state index in [1.165, 1.54) is 12.8 Å². The van der Waals surface area contributed by atoms with Crippen LogP contribution in [0.25, 0.3) is 5.65 Å². The molecule has 2 heterocycles. The van der Waals surface area contributed by atoms with E-state index in [1.54, 1.807) is 6.07 Å². The summed E-state index contributed by atoms with van der Waals surface area (Å²) in [6.07, 6.45) is 2.35. The molecule has 4 heteroatoms. The number of H-pyrrole nitrogens is 1. The first-order valence-corrected chi connectivity index (χ1v) is 5.78. The minimum absolute atomic E-state index is 0.0235. The molecule has 0 amide bonds. The Morgan fingerprint density at radius 1 is 1.44 bits per heavy atom. The van der Waals surface area contributed by atoms with Gasteiger partial charge in [-0.05, 0) is 18.8 Å². The number of rotatable bonds is 2. The SMILES string of the molecule is CC(C)c1cc2[nH]c(=O)cc(C3CC3)n2n1. The summed E-state index contributed by atoms with van der Waals surface area (Å²) in [7, 11) is 0. The summed E-state index contributed by atoms with van der Waals surface area (Å²) in [5, 5.41) is 4.56. The smallest absolute Gasteiger partial charge is 0.251 e. The van der Waals surface area contributed by atoms with E-state index in [9.17, 15) is 4.79 Å². The van der Waals surface area contributed by atoms with Crippen LogP contribution in [-0.2, 0) is 0 Å². The van der Waals surface area contributed by atoms with Crippen molar-refractivity contribution in [3.63, 3.8) is 0 Å². The molecule has 0 atom stereocenters. The molecule has 0 unspecified atom stereocenters. The summed E-state index contributed by atoms with van der Waals surface area (Å²) >= 11 is 0. The molecule has 0 spiro atoms. The maximum absolute atomic E-state index is 11.5. The fraction of sp³-hybridized carbons (Fsp3) is 0.500. The Morgan fingerprint density at radius 3 is 2.81 bits per heavy atom. The summed E-state index contributed by atoms with van der Waals surface area (Å²) in [6, 6.07) is 3.65. The molecule has 0 aromatic carbocycles. The van der Waals surface area contributed by atoms with Crippen molar-refractivity contribution in [3.05, 3.63) is 33.9 Å². The Morgan fingerprint density at radius 2 is 2.19 bits per heavy atom. The molecule has 2 aromatic rings. The highest BCUT2D eigenvalue weighted by molar-refractivity contribution is 5.42. The van der Waals surface area contributed by atoms with Gasteiger partial charge in [0, 0.05) is 18.1 Å². The van der Waals surface area contributed by atoms with Crippen molar-refractivity contribution in [2.75, 3.05) is 0 Å². The molecular weight excluding hydrogens is 202 g/mol. The van der Waals surface area contributed by atoms with E-state index in [0.29, 0.717) is 11.8 Å². The molecule has 0 aliphatic heterocycles. The lowest BCUT2D eigenvalue weighted by Crippen LogP contribution is -2.11. The highest BCUT2D eigenvalue weighted by Crippen LogP contribution is 2.39. The molecule has 4 nitrogen and oxygen atoms in total. The summed E-state index contributed by atoms with van der Waals surface area (Å²) in [6.45, 7) is 4.22. The van der Waals surface area contributed by atoms with Crippen molar-refractivity contribution in [2.45, 2.75) is 38.5 Å². The second-order valence-electron chi connectivity index (χ2n) is 4.85. The van der Waals surface area contributed by atoms with Gasteiger partial charge < -0.3 is 4.98 Å². The molecule has 0 radical (unpaired) electrons. The monoisotopic (exact) mass is 217 g/mol. The Labute approximate surface area is 93.3 Å². The van der Waals surface area contributed by atoms with E-state index >= 15 is 0 Å². The van der Waals surface area contributed by atoms with Gasteiger partial charge in [-0.15, -0.1) is 0 Å². The zero-order valence-corrected chi connectivity index (χ0v) is 9.53. The molecule has 16 heavy (non-hydrogen) atoms. The lowest BCUT2D eigenvalue weighted by atomic mass is 10.1. The lowest BCUT2D eigenvalue weighted by Gasteiger charge is -2.01. The van der Waals surface area contributed by atoms with Crippen LogP contribution in [-0.4, -0.2) is 14.6 Å². The van der Waals surface area contributed by atoms with Gasteiger partial charge in [-0.2, -0.15) is 5.10 Å². The standard InChI is InChI=1S/C12H15N3O/c1-7(2)9-5-11-13-12(16)6-10(8-3-4-8)15(11)14-9/h5-8H,3-4H2,1-2H3,(H,13,16). The third-order valence-electron chi connectivity index (χ3n) is 3.09. The first kappa shape index (κ1) is 9.63. The average Bonchev–Trinajstić information content (AvgIpc) is 2.96. The van der Waals surface area contributed by atoms with E-state index in [2.05, 4.69) is 23.9 Å². The van der Waals surface area contributed by atoms with Crippen molar-refractivity contribution in [1.29, 1.82) is 0 Å². The number of aromatic nitrogens is 3. The van der Waals surface area contributed by atoms with Gasteiger partial charge in [0.2, 0.25) is 0 Å². The van der Waals surface area contributed by atoms with Gasteiger partial charge in [0.05, 0.1) is 11.4 Å². The fourth-order valence-electron chi connectivity index (χ4n) is 2.00. The Bertz CT molecular complexity index is 590. The molecular formula is C12H15N3O. The van der Waals surface area contributed by atoms with Crippen LogP contribution in [0.3, 0.4) is 0 Å². The second-order valence-corrected chi connectivity index (χ2v) is 4.85. The normalized spacial score (nSPS) is 16.2. The van der Waals surface area contributed by atoms with Crippen LogP contribution in [0.1, 0.15) is 49.9 Å². The highest BCUT2D eigenvalue weighted by atomic mass is 16.1.